The number of rotatable bonds is 3. The van der Waals surface area contributed by atoms with E-state index in [2.05, 4.69) is 20.3 Å². The van der Waals surface area contributed by atoms with Gasteiger partial charge in [0.05, 0.1) is 20.3 Å². The van der Waals surface area contributed by atoms with Gasteiger partial charge in [0.2, 0.25) is 0 Å². The van der Waals surface area contributed by atoms with Gasteiger partial charge in [-0.05, 0) is 42.8 Å². The molecule has 0 bridgehead atoms. The van der Waals surface area contributed by atoms with Gasteiger partial charge in [-0.2, -0.15) is 0 Å². The van der Waals surface area contributed by atoms with Gasteiger partial charge in [-0.1, -0.05) is 29.3 Å². The second-order valence-corrected chi connectivity index (χ2v) is 7.28. The summed E-state index contributed by atoms with van der Waals surface area (Å²) in [4.78, 5) is 13.4. The summed E-state index contributed by atoms with van der Waals surface area (Å²) in [5.74, 6) is 1.45. The lowest BCUT2D eigenvalue weighted by atomic mass is 10.2. The van der Waals surface area contributed by atoms with Crippen LogP contribution < -0.4 is 5.32 Å². The highest BCUT2D eigenvalue weighted by atomic mass is 35.5. The lowest BCUT2D eigenvalue weighted by molar-refractivity contribution is 1.25. The predicted molar refractivity (Wildman–Crippen MR) is 105 cm³/mol. The van der Waals surface area contributed by atoms with Gasteiger partial charge < -0.3 is 5.32 Å². The average molecular weight is 387 g/mol. The number of hydrogen-bond acceptors (Lipinski definition) is 5. The molecule has 0 aliphatic carbocycles. The van der Waals surface area contributed by atoms with E-state index in [-0.39, 0.29) is 0 Å². The van der Waals surface area contributed by atoms with Gasteiger partial charge in [-0.25, -0.2) is 15.0 Å². The summed E-state index contributed by atoms with van der Waals surface area (Å²) in [7, 11) is 0. The molecule has 0 unspecified atom stereocenters. The van der Waals surface area contributed by atoms with Crippen molar-refractivity contribution in [2.45, 2.75) is 6.92 Å². The number of aryl methyl sites for hydroxylation is 1. The Morgan fingerprint density at radius 2 is 1.76 bits per heavy atom. The van der Waals surface area contributed by atoms with Crippen LogP contribution in [-0.4, -0.2) is 15.0 Å². The molecule has 4 rings (SSSR count). The minimum atomic E-state index is 0.578. The number of thiazole rings is 1. The van der Waals surface area contributed by atoms with Gasteiger partial charge in [-0.3, -0.25) is 0 Å². The monoisotopic (exact) mass is 386 g/mol. The molecule has 25 heavy (non-hydrogen) atoms. The summed E-state index contributed by atoms with van der Waals surface area (Å²) in [6.45, 7) is 2.02. The number of nitrogens with zero attached hydrogens (tertiary/aromatic N) is 3. The number of pyridine rings is 2. The maximum atomic E-state index is 6.32. The first-order valence-corrected chi connectivity index (χ1v) is 9.08. The van der Waals surface area contributed by atoms with Crippen LogP contribution in [0.4, 0.5) is 11.6 Å². The van der Waals surface area contributed by atoms with Crippen molar-refractivity contribution in [3.63, 3.8) is 0 Å². The normalized spacial score (nSPS) is 11.0. The van der Waals surface area contributed by atoms with Crippen LogP contribution in [0.3, 0.4) is 0 Å². The second kappa shape index (κ2) is 6.59. The highest BCUT2D eigenvalue weighted by molar-refractivity contribution is 7.22. The van der Waals surface area contributed by atoms with E-state index in [1.165, 1.54) is 11.3 Å². The Bertz CT molecular complexity index is 1060. The number of benzene rings is 1. The molecule has 7 heteroatoms. The fourth-order valence-corrected chi connectivity index (χ4v) is 4.25. The molecule has 0 radical (unpaired) electrons. The Labute approximate surface area is 158 Å². The van der Waals surface area contributed by atoms with Gasteiger partial charge in [0.1, 0.15) is 10.8 Å². The zero-order chi connectivity index (χ0) is 17.4. The first-order chi connectivity index (χ1) is 12.1. The zero-order valence-electron chi connectivity index (χ0n) is 13.1. The van der Waals surface area contributed by atoms with Gasteiger partial charge in [0, 0.05) is 18.0 Å². The summed E-state index contributed by atoms with van der Waals surface area (Å²) >= 11 is 14.1. The minimum absolute atomic E-state index is 0.578. The summed E-state index contributed by atoms with van der Waals surface area (Å²) in [5, 5.41) is 5.18. The van der Waals surface area contributed by atoms with Crippen LogP contribution in [0.1, 0.15) is 5.56 Å². The van der Waals surface area contributed by atoms with Crippen LogP contribution in [0.25, 0.3) is 20.8 Å². The molecule has 0 fully saturated rings. The summed E-state index contributed by atoms with van der Waals surface area (Å²) in [5.41, 5.74) is 2.70. The summed E-state index contributed by atoms with van der Waals surface area (Å²) in [6.07, 6.45) is 3.48. The molecule has 3 heterocycles. The molecule has 124 valence electrons. The first-order valence-electron chi connectivity index (χ1n) is 7.51. The average Bonchev–Trinajstić information content (AvgIpc) is 2.99. The Balaban J connectivity index is 1.82. The minimum Gasteiger partial charge on any atom is -0.324 e. The second-order valence-electron chi connectivity index (χ2n) is 5.47. The maximum Gasteiger partial charge on any atom is 0.151 e. The molecule has 4 aromatic rings. The van der Waals surface area contributed by atoms with Crippen LogP contribution in [0, 0.1) is 6.92 Å². The molecule has 0 atom stereocenters. The van der Waals surface area contributed by atoms with E-state index < -0.39 is 0 Å². The molecule has 3 aromatic heterocycles. The quantitative estimate of drug-likeness (QED) is 0.461. The smallest absolute Gasteiger partial charge is 0.151 e. The van der Waals surface area contributed by atoms with Crippen molar-refractivity contribution < 1.29 is 0 Å². The zero-order valence-corrected chi connectivity index (χ0v) is 15.5. The Morgan fingerprint density at radius 1 is 1.00 bits per heavy atom. The molecule has 0 saturated carbocycles. The van der Waals surface area contributed by atoms with Gasteiger partial charge in [0.15, 0.2) is 5.82 Å². The van der Waals surface area contributed by atoms with E-state index in [4.69, 9.17) is 23.2 Å². The molecule has 0 amide bonds. The van der Waals surface area contributed by atoms with Crippen molar-refractivity contribution in [1.82, 2.24) is 15.0 Å². The third-order valence-electron chi connectivity index (χ3n) is 3.64. The lowest BCUT2D eigenvalue weighted by Gasteiger charge is -2.05. The highest BCUT2D eigenvalue weighted by Gasteiger charge is 2.15. The number of nitrogens with one attached hydrogen (secondary N) is 1. The Hall–Kier alpha value is -2.21. The Kier molecular flexibility index (Phi) is 4.29. The van der Waals surface area contributed by atoms with Crippen molar-refractivity contribution in [3.05, 3.63) is 64.4 Å². The van der Waals surface area contributed by atoms with E-state index in [9.17, 15) is 0 Å². The molecular weight excluding hydrogens is 375 g/mol. The predicted octanol–water partition coefficient (Wildman–Crippen LogP) is 6.11. The van der Waals surface area contributed by atoms with E-state index in [0.717, 1.165) is 32.2 Å². The number of anilines is 2. The standard InChI is InChI=1S/C18H12Cl2N4S/c1-10-5-7-21-14(9-10)24-17-16-13(6-8-22-17)23-18(25-16)15-11(19)3-2-4-12(15)20/h2-9H,1H3,(H,21,22,24). The van der Waals surface area contributed by atoms with Crippen LogP contribution in [0.2, 0.25) is 10.0 Å². The third-order valence-corrected chi connectivity index (χ3v) is 5.37. The number of hydrogen-bond donors (Lipinski definition) is 1. The summed E-state index contributed by atoms with van der Waals surface area (Å²) < 4.78 is 0.928. The van der Waals surface area contributed by atoms with Crippen molar-refractivity contribution >= 4 is 56.4 Å². The van der Waals surface area contributed by atoms with Gasteiger partial charge in [-0.15, -0.1) is 11.3 Å². The van der Waals surface area contributed by atoms with E-state index in [0.29, 0.717) is 15.9 Å². The molecule has 0 aliphatic rings. The third kappa shape index (κ3) is 3.18. The Morgan fingerprint density at radius 3 is 2.52 bits per heavy atom. The molecule has 1 aromatic carbocycles. The maximum absolute atomic E-state index is 6.32. The molecule has 0 spiro atoms. The number of fused-ring (bicyclic) bond motifs is 1. The van der Waals surface area contributed by atoms with Gasteiger partial charge >= 0.3 is 0 Å². The summed E-state index contributed by atoms with van der Waals surface area (Å²) in [6, 6.07) is 11.2. The van der Waals surface area contributed by atoms with Crippen LogP contribution in [0.15, 0.2) is 48.8 Å². The van der Waals surface area contributed by atoms with Crippen molar-refractivity contribution in [2.24, 2.45) is 0 Å². The lowest BCUT2D eigenvalue weighted by Crippen LogP contribution is -1.95. The van der Waals surface area contributed by atoms with Crippen molar-refractivity contribution in [1.29, 1.82) is 0 Å². The molecule has 4 nitrogen and oxygen atoms in total. The van der Waals surface area contributed by atoms with Gasteiger partial charge in [0.25, 0.3) is 0 Å². The van der Waals surface area contributed by atoms with Crippen LogP contribution >= 0.6 is 34.5 Å². The van der Waals surface area contributed by atoms with E-state index in [1.54, 1.807) is 12.4 Å². The molecule has 0 aliphatic heterocycles. The molecule has 0 saturated heterocycles. The molecule has 1 N–H and O–H groups in total. The fraction of sp³-hybridized carbons (Fsp3) is 0.0556. The topological polar surface area (TPSA) is 50.7 Å². The van der Waals surface area contributed by atoms with Crippen molar-refractivity contribution in [2.75, 3.05) is 5.32 Å². The number of halogens is 2. The first kappa shape index (κ1) is 16.3. The SMILES string of the molecule is Cc1ccnc(Nc2nccc3nc(-c4c(Cl)cccc4Cl)sc23)c1. The van der Waals surface area contributed by atoms with Crippen LogP contribution in [-0.2, 0) is 0 Å². The van der Waals surface area contributed by atoms with Crippen LogP contribution in [0.5, 0.6) is 0 Å². The van der Waals surface area contributed by atoms with E-state index in [1.807, 2.05) is 43.3 Å². The number of aromatic nitrogens is 3. The van der Waals surface area contributed by atoms with E-state index >= 15 is 0 Å². The highest BCUT2D eigenvalue weighted by Crippen LogP contribution is 2.40. The fourth-order valence-electron chi connectivity index (χ4n) is 2.48. The van der Waals surface area contributed by atoms with Crippen molar-refractivity contribution in [3.8, 4) is 10.6 Å². The largest absolute Gasteiger partial charge is 0.324 e. The molecular formula is C18H12Cl2N4S.